The Bertz CT molecular complexity index is 1210. The van der Waals surface area contributed by atoms with Crippen LogP contribution in [0.4, 0.5) is 29.6 Å². The molecule has 0 unspecified atom stereocenters. The first-order valence-electron chi connectivity index (χ1n) is 12.9. The zero-order valence-corrected chi connectivity index (χ0v) is 24.2. The monoisotopic (exact) mass is 584 g/mol. The SMILES string of the molecule is CCOC(=O)N1c2ccc(C(F)(F)F)cc2[C@@H](Nc2ncc(OCCSC)c(C(=O)OC(C)(C)C)n2)C[C@H]1CC. The molecule has 13 heteroatoms. The molecule has 1 N–H and O–H groups in total. The van der Waals surface area contributed by atoms with E-state index in [4.69, 9.17) is 14.2 Å². The van der Waals surface area contributed by atoms with E-state index in [1.54, 1.807) is 39.5 Å². The molecule has 9 nitrogen and oxygen atoms in total. The summed E-state index contributed by atoms with van der Waals surface area (Å²) in [4.78, 5) is 35.8. The summed E-state index contributed by atoms with van der Waals surface area (Å²) in [7, 11) is 0. The second-order valence-corrected chi connectivity index (χ2v) is 11.1. The fourth-order valence-electron chi connectivity index (χ4n) is 4.27. The quantitative estimate of drug-likeness (QED) is 0.262. The number of carbonyl (C=O) groups is 2. The minimum Gasteiger partial charge on any atom is -0.489 e. The highest BCUT2D eigenvalue weighted by atomic mass is 32.2. The summed E-state index contributed by atoms with van der Waals surface area (Å²) in [6.45, 7) is 9.13. The predicted molar refractivity (Wildman–Crippen MR) is 147 cm³/mol. The highest BCUT2D eigenvalue weighted by Crippen LogP contribution is 2.43. The largest absolute Gasteiger partial charge is 0.489 e. The van der Waals surface area contributed by atoms with E-state index in [1.807, 2.05) is 13.2 Å². The topological polar surface area (TPSA) is 103 Å². The highest BCUT2D eigenvalue weighted by Gasteiger charge is 2.39. The minimum atomic E-state index is -4.59. The molecule has 0 spiro atoms. The van der Waals surface area contributed by atoms with Crippen molar-refractivity contribution < 1.29 is 37.0 Å². The van der Waals surface area contributed by atoms with E-state index in [1.165, 1.54) is 17.2 Å². The number of benzene rings is 1. The zero-order chi connectivity index (χ0) is 29.7. The summed E-state index contributed by atoms with van der Waals surface area (Å²) in [6, 6.07) is 2.15. The Morgan fingerprint density at radius 1 is 1.20 bits per heavy atom. The maximum atomic E-state index is 13.7. The Balaban J connectivity index is 2.05. The summed E-state index contributed by atoms with van der Waals surface area (Å²) in [6.07, 6.45) is -1.20. The van der Waals surface area contributed by atoms with Crippen LogP contribution in [0.1, 0.15) is 75.1 Å². The Morgan fingerprint density at radius 3 is 2.52 bits per heavy atom. The Kier molecular flexibility index (Phi) is 10.1. The Labute approximate surface area is 236 Å². The molecule has 0 aliphatic carbocycles. The molecule has 1 aromatic heterocycles. The molecule has 1 aliphatic rings. The maximum Gasteiger partial charge on any atom is 0.416 e. The third kappa shape index (κ3) is 7.70. The van der Waals surface area contributed by atoms with Crippen LogP contribution in [-0.4, -0.2) is 58.9 Å². The van der Waals surface area contributed by atoms with Crippen LogP contribution < -0.4 is 15.0 Å². The number of nitrogens with one attached hydrogen (secondary N) is 1. The summed E-state index contributed by atoms with van der Waals surface area (Å²) in [5, 5.41) is 3.09. The summed E-state index contributed by atoms with van der Waals surface area (Å²) >= 11 is 1.56. The molecule has 2 aromatic rings. The number of nitrogens with zero attached hydrogens (tertiary/aromatic N) is 3. The Morgan fingerprint density at radius 2 is 1.93 bits per heavy atom. The first-order valence-corrected chi connectivity index (χ1v) is 14.3. The van der Waals surface area contributed by atoms with Crippen LogP contribution in [0.5, 0.6) is 5.75 Å². The van der Waals surface area contributed by atoms with E-state index < -0.39 is 35.4 Å². The van der Waals surface area contributed by atoms with Crippen LogP contribution in [0.3, 0.4) is 0 Å². The third-order valence-electron chi connectivity index (χ3n) is 5.99. The maximum absolute atomic E-state index is 13.7. The molecule has 1 amide bonds. The van der Waals surface area contributed by atoms with Gasteiger partial charge >= 0.3 is 18.2 Å². The number of ether oxygens (including phenoxy) is 3. The summed E-state index contributed by atoms with van der Waals surface area (Å²) in [5.41, 5.74) is -1.23. The molecule has 40 heavy (non-hydrogen) atoms. The van der Waals surface area contributed by atoms with Gasteiger partial charge in [-0.2, -0.15) is 24.9 Å². The lowest BCUT2D eigenvalue weighted by molar-refractivity contribution is -0.137. The van der Waals surface area contributed by atoms with Crippen LogP contribution in [-0.2, 0) is 15.7 Å². The van der Waals surface area contributed by atoms with Crippen molar-refractivity contribution in [3.8, 4) is 5.75 Å². The fourth-order valence-corrected chi connectivity index (χ4v) is 4.52. The van der Waals surface area contributed by atoms with Gasteiger partial charge in [-0.3, -0.25) is 4.90 Å². The van der Waals surface area contributed by atoms with Gasteiger partial charge in [0.25, 0.3) is 0 Å². The molecule has 0 bridgehead atoms. The van der Waals surface area contributed by atoms with Gasteiger partial charge in [-0.1, -0.05) is 6.92 Å². The number of hydrogen-bond acceptors (Lipinski definition) is 9. The van der Waals surface area contributed by atoms with Gasteiger partial charge in [0.1, 0.15) is 5.60 Å². The van der Waals surface area contributed by atoms with Gasteiger partial charge < -0.3 is 19.5 Å². The number of amides is 1. The lowest BCUT2D eigenvalue weighted by Gasteiger charge is -2.40. The van der Waals surface area contributed by atoms with Crippen LogP contribution in [0.15, 0.2) is 24.4 Å². The normalized spacial score (nSPS) is 17.2. The van der Waals surface area contributed by atoms with E-state index >= 15 is 0 Å². The van der Waals surface area contributed by atoms with Crippen molar-refractivity contribution >= 4 is 35.5 Å². The van der Waals surface area contributed by atoms with Crippen molar-refractivity contribution in [1.29, 1.82) is 0 Å². The van der Waals surface area contributed by atoms with Crippen LogP contribution in [0, 0.1) is 0 Å². The number of hydrogen-bond donors (Lipinski definition) is 1. The third-order valence-corrected chi connectivity index (χ3v) is 6.57. The molecule has 0 saturated heterocycles. The van der Waals surface area contributed by atoms with Gasteiger partial charge in [0.2, 0.25) is 5.95 Å². The number of anilines is 2. The Hall–Kier alpha value is -3.22. The van der Waals surface area contributed by atoms with E-state index in [9.17, 15) is 22.8 Å². The molecule has 2 atom stereocenters. The lowest BCUT2D eigenvalue weighted by Crippen LogP contribution is -2.46. The number of esters is 1. The van der Waals surface area contributed by atoms with Crippen molar-refractivity contribution in [3.05, 3.63) is 41.2 Å². The van der Waals surface area contributed by atoms with Crippen LogP contribution >= 0.6 is 11.8 Å². The van der Waals surface area contributed by atoms with Gasteiger partial charge in [0.15, 0.2) is 11.4 Å². The zero-order valence-electron chi connectivity index (χ0n) is 23.4. The molecular formula is C27H35F3N4O5S. The lowest BCUT2D eigenvalue weighted by atomic mass is 9.89. The molecular weight excluding hydrogens is 549 g/mol. The highest BCUT2D eigenvalue weighted by molar-refractivity contribution is 7.98. The number of halogens is 3. The molecule has 0 saturated carbocycles. The number of alkyl halides is 3. The second-order valence-electron chi connectivity index (χ2n) is 10.1. The van der Waals surface area contributed by atoms with E-state index in [2.05, 4.69) is 15.3 Å². The number of rotatable bonds is 9. The van der Waals surface area contributed by atoms with Crippen molar-refractivity contribution in [2.75, 3.05) is 35.4 Å². The van der Waals surface area contributed by atoms with Crippen molar-refractivity contribution in [1.82, 2.24) is 9.97 Å². The number of aromatic nitrogens is 2. The number of fused-ring (bicyclic) bond motifs is 1. The van der Waals surface area contributed by atoms with Gasteiger partial charge in [-0.05, 0) is 70.6 Å². The molecule has 3 rings (SSSR count). The molecule has 0 fully saturated rings. The van der Waals surface area contributed by atoms with Crippen molar-refractivity contribution in [3.63, 3.8) is 0 Å². The summed E-state index contributed by atoms with van der Waals surface area (Å²) in [5.74, 6) is 0.0900. The van der Waals surface area contributed by atoms with Gasteiger partial charge in [-0.15, -0.1) is 0 Å². The average molecular weight is 585 g/mol. The van der Waals surface area contributed by atoms with Gasteiger partial charge in [0, 0.05) is 11.8 Å². The smallest absolute Gasteiger partial charge is 0.416 e. The second kappa shape index (κ2) is 13.0. The van der Waals surface area contributed by atoms with E-state index in [0.29, 0.717) is 24.5 Å². The first kappa shape index (κ1) is 31.3. The van der Waals surface area contributed by atoms with Crippen molar-refractivity contribution in [2.24, 2.45) is 0 Å². The van der Waals surface area contributed by atoms with Crippen molar-refractivity contribution in [2.45, 2.75) is 71.3 Å². The molecule has 1 aromatic carbocycles. The molecule has 0 radical (unpaired) electrons. The number of carbonyl (C=O) groups excluding carboxylic acids is 2. The van der Waals surface area contributed by atoms with Gasteiger partial charge in [-0.25, -0.2) is 19.6 Å². The number of thioether (sulfide) groups is 1. The standard InChI is InChI=1S/C27H35F3N4O5S/c1-7-17-14-19(18-13-16(27(28,29)30)9-10-20(18)34(17)25(36)37-8-2)32-24-31-15-21(38-11-12-40-6)22(33-24)23(35)39-26(3,4)5/h9-10,13,15,17,19H,7-8,11-12,14H2,1-6H3,(H,31,32,33)/t17-,19+/m1/s1. The van der Waals surface area contributed by atoms with Crippen LogP contribution in [0.2, 0.25) is 0 Å². The molecule has 1 aliphatic heterocycles. The van der Waals surface area contributed by atoms with Crippen LogP contribution in [0.25, 0.3) is 0 Å². The molecule has 2 heterocycles. The fraction of sp³-hybridized carbons (Fsp3) is 0.556. The van der Waals surface area contributed by atoms with Gasteiger partial charge in [0.05, 0.1) is 36.7 Å². The first-order chi connectivity index (χ1) is 18.8. The minimum absolute atomic E-state index is 0.00544. The molecule has 220 valence electrons. The average Bonchev–Trinajstić information content (AvgIpc) is 2.87. The summed E-state index contributed by atoms with van der Waals surface area (Å²) < 4.78 is 57.4. The van der Waals surface area contributed by atoms with E-state index in [-0.39, 0.29) is 42.0 Å². The van der Waals surface area contributed by atoms with E-state index in [0.717, 1.165) is 12.1 Å². The predicted octanol–water partition coefficient (Wildman–Crippen LogP) is 6.49.